The number of amides is 2. The Bertz CT molecular complexity index is 667. The van der Waals surface area contributed by atoms with Gasteiger partial charge in [0, 0.05) is 0 Å². The van der Waals surface area contributed by atoms with Crippen LogP contribution >= 0.6 is 0 Å². The lowest BCUT2D eigenvalue weighted by Crippen LogP contribution is -2.41. The highest BCUT2D eigenvalue weighted by Gasteiger charge is 2.43. The summed E-state index contributed by atoms with van der Waals surface area (Å²) in [6.45, 7) is 0. The van der Waals surface area contributed by atoms with E-state index in [-0.39, 0.29) is 5.57 Å². The number of methoxy groups -OCH3 is 1. The van der Waals surface area contributed by atoms with Gasteiger partial charge in [0.15, 0.2) is 0 Å². The number of carbonyl (C=O) groups excluding carboxylic acids is 2. The van der Waals surface area contributed by atoms with Crippen molar-refractivity contribution in [3.05, 3.63) is 72.5 Å². The van der Waals surface area contributed by atoms with Crippen LogP contribution in [0.15, 0.2) is 72.5 Å². The topological polar surface area (TPSA) is 49.9 Å². The molecule has 1 aliphatic rings. The van der Waals surface area contributed by atoms with E-state index in [4.69, 9.17) is 4.74 Å². The number of hydrogen-bond donors (Lipinski definition) is 0. The van der Waals surface area contributed by atoms with Crippen molar-refractivity contribution < 1.29 is 14.3 Å². The van der Waals surface area contributed by atoms with E-state index in [0.717, 1.165) is 0 Å². The van der Waals surface area contributed by atoms with Crippen LogP contribution in [0.4, 0.5) is 11.4 Å². The van der Waals surface area contributed by atoms with Gasteiger partial charge >= 0.3 is 0 Å². The Balaban J connectivity index is 2.13. The van der Waals surface area contributed by atoms with E-state index in [0.29, 0.717) is 11.4 Å². The first-order valence-electron chi connectivity index (χ1n) is 6.76. The highest BCUT2D eigenvalue weighted by molar-refractivity contribution is 6.35. The van der Waals surface area contributed by atoms with Gasteiger partial charge in [-0.15, -0.1) is 0 Å². The number of anilines is 2. The summed E-state index contributed by atoms with van der Waals surface area (Å²) < 4.78 is 4.88. The SMILES string of the molecule is COC=C1C(=O)N(c2ccccc2)N(c2ccccc2)C1=O. The van der Waals surface area contributed by atoms with Gasteiger partial charge in [0.25, 0.3) is 11.8 Å². The Labute approximate surface area is 128 Å². The summed E-state index contributed by atoms with van der Waals surface area (Å²) in [6.07, 6.45) is 1.18. The smallest absolute Gasteiger partial charge is 0.286 e. The molecule has 5 nitrogen and oxygen atoms in total. The molecule has 2 amide bonds. The van der Waals surface area contributed by atoms with Crippen molar-refractivity contribution in [2.45, 2.75) is 0 Å². The molecule has 0 saturated carbocycles. The molecule has 2 aromatic rings. The zero-order valence-electron chi connectivity index (χ0n) is 12.0. The molecule has 1 saturated heterocycles. The highest BCUT2D eigenvalue weighted by Crippen LogP contribution is 2.31. The fourth-order valence-electron chi connectivity index (χ4n) is 2.32. The second kappa shape index (κ2) is 5.73. The van der Waals surface area contributed by atoms with Crippen LogP contribution in [0.3, 0.4) is 0 Å². The second-order valence-electron chi connectivity index (χ2n) is 4.67. The molecule has 3 rings (SSSR count). The minimum absolute atomic E-state index is 0.00444. The first-order valence-corrected chi connectivity index (χ1v) is 6.76. The molecule has 0 radical (unpaired) electrons. The standard InChI is InChI=1S/C17H14N2O3/c1-22-12-15-16(20)18(13-8-4-2-5-9-13)19(17(15)21)14-10-6-3-7-11-14/h2-12H,1H3. The van der Waals surface area contributed by atoms with Gasteiger partial charge in [-0.3, -0.25) is 9.59 Å². The summed E-state index contributed by atoms with van der Waals surface area (Å²) in [5, 5.41) is 2.70. The number of carbonyl (C=O) groups is 2. The van der Waals surface area contributed by atoms with Crippen molar-refractivity contribution in [2.24, 2.45) is 0 Å². The normalized spacial score (nSPS) is 14.5. The van der Waals surface area contributed by atoms with Gasteiger partial charge in [0.1, 0.15) is 11.8 Å². The molecule has 0 spiro atoms. The first kappa shape index (κ1) is 13.9. The Morgan fingerprint density at radius 3 is 1.55 bits per heavy atom. The van der Waals surface area contributed by atoms with E-state index >= 15 is 0 Å². The van der Waals surface area contributed by atoms with Gasteiger partial charge in [-0.05, 0) is 24.3 Å². The van der Waals surface area contributed by atoms with Gasteiger partial charge < -0.3 is 4.74 Å². The maximum Gasteiger partial charge on any atom is 0.286 e. The number of benzene rings is 2. The monoisotopic (exact) mass is 294 g/mol. The summed E-state index contributed by atoms with van der Waals surface area (Å²) >= 11 is 0. The zero-order valence-corrected chi connectivity index (χ0v) is 12.0. The van der Waals surface area contributed by atoms with Crippen LogP contribution in [-0.2, 0) is 14.3 Å². The minimum Gasteiger partial charge on any atom is -0.503 e. The number of hydrogen-bond acceptors (Lipinski definition) is 3. The van der Waals surface area contributed by atoms with Crippen LogP contribution < -0.4 is 10.0 Å². The lowest BCUT2D eigenvalue weighted by atomic mass is 10.2. The molecular weight excluding hydrogens is 280 g/mol. The third-order valence-corrected chi connectivity index (χ3v) is 3.28. The minimum atomic E-state index is -0.415. The average Bonchev–Trinajstić information content (AvgIpc) is 2.81. The van der Waals surface area contributed by atoms with Crippen molar-refractivity contribution in [3.63, 3.8) is 0 Å². The van der Waals surface area contributed by atoms with Crippen molar-refractivity contribution in [3.8, 4) is 0 Å². The molecule has 1 heterocycles. The molecule has 110 valence electrons. The molecule has 1 aliphatic heterocycles. The van der Waals surface area contributed by atoms with Crippen LogP contribution in [0.5, 0.6) is 0 Å². The van der Waals surface area contributed by atoms with Crippen molar-refractivity contribution >= 4 is 23.2 Å². The van der Waals surface area contributed by atoms with Crippen LogP contribution in [0.2, 0.25) is 0 Å². The fraction of sp³-hybridized carbons (Fsp3) is 0.0588. The molecule has 1 fully saturated rings. The molecule has 0 aliphatic carbocycles. The van der Waals surface area contributed by atoms with Gasteiger partial charge in [-0.2, -0.15) is 0 Å². The Kier molecular flexibility index (Phi) is 3.62. The largest absolute Gasteiger partial charge is 0.503 e. The second-order valence-corrected chi connectivity index (χ2v) is 4.67. The third kappa shape index (κ3) is 2.22. The van der Waals surface area contributed by atoms with Crippen LogP contribution in [0, 0.1) is 0 Å². The average molecular weight is 294 g/mol. The summed E-state index contributed by atoms with van der Waals surface area (Å²) in [6, 6.07) is 18.1. The van der Waals surface area contributed by atoms with Crippen LogP contribution in [-0.4, -0.2) is 18.9 Å². The quantitative estimate of drug-likeness (QED) is 0.496. The molecular formula is C17H14N2O3. The van der Waals surface area contributed by atoms with E-state index in [1.807, 2.05) is 36.4 Å². The predicted octanol–water partition coefficient (Wildman–Crippen LogP) is 2.51. The number of rotatable bonds is 3. The molecule has 0 aromatic heterocycles. The maximum absolute atomic E-state index is 12.6. The Morgan fingerprint density at radius 2 is 1.18 bits per heavy atom. The molecule has 0 bridgehead atoms. The summed E-state index contributed by atoms with van der Waals surface area (Å²) in [5.41, 5.74) is 1.23. The van der Waals surface area contributed by atoms with Crippen molar-refractivity contribution in [1.29, 1.82) is 0 Å². The van der Waals surface area contributed by atoms with E-state index in [1.54, 1.807) is 24.3 Å². The molecule has 5 heteroatoms. The van der Waals surface area contributed by atoms with Crippen LogP contribution in [0.1, 0.15) is 0 Å². The Morgan fingerprint density at radius 1 is 0.773 bits per heavy atom. The predicted molar refractivity (Wildman–Crippen MR) is 82.9 cm³/mol. The van der Waals surface area contributed by atoms with Gasteiger partial charge in [0.05, 0.1) is 18.5 Å². The Hall–Kier alpha value is -3.08. The number of nitrogens with zero attached hydrogens (tertiary/aromatic N) is 2. The maximum atomic E-state index is 12.6. The van der Waals surface area contributed by atoms with E-state index < -0.39 is 11.8 Å². The van der Waals surface area contributed by atoms with Crippen molar-refractivity contribution in [1.82, 2.24) is 0 Å². The van der Waals surface area contributed by atoms with Gasteiger partial charge in [-0.1, -0.05) is 36.4 Å². The molecule has 22 heavy (non-hydrogen) atoms. The number of ether oxygens (including phenoxy) is 1. The fourth-order valence-corrected chi connectivity index (χ4v) is 2.32. The third-order valence-electron chi connectivity index (χ3n) is 3.28. The van der Waals surface area contributed by atoms with Crippen LogP contribution in [0.25, 0.3) is 0 Å². The van der Waals surface area contributed by atoms with E-state index in [1.165, 1.54) is 23.4 Å². The summed E-state index contributed by atoms with van der Waals surface area (Å²) in [7, 11) is 1.41. The molecule has 0 N–H and O–H groups in total. The number of hydrazine groups is 1. The number of para-hydroxylation sites is 2. The van der Waals surface area contributed by atoms with Gasteiger partial charge in [0.2, 0.25) is 0 Å². The molecule has 2 aromatic carbocycles. The highest BCUT2D eigenvalue weighted by atomic mass is 16.5. The first-order chi connectivity index (χ1) is 10.7. The van der Waals surface area contributed by atoms with Gasteiger partial charge in [-0.25, -0.2) is 10.0 Å². The summed E-state index contributed by atoms with van der Waals surface area (Å²) in [5.74, 6) is -0.830. The lowest BCUT2D eigenvalue weighted by Gasteiger charge is -2.27. The summed E-state index contributed by atoms with van der Waals surface area (Å²) in [4.78, 5) is 25.2. The van der Waals surface area contributed by atoms with E-state index in [2.05, 4.69) is 0 Å². The van der Waals surface area contributed by atoms with E-state index in [9.17, 15) is 9.59 Å². The van der Waals surface area contributed by atoms with Crippen molar-refractivity contribution in [2.75, 3.05) is 17.1 Å². The zero-order chi connectivity index (χ0) is 15.5. The molecule has 0 atom stereocenters. The lowest BCUT2D eigenvalue weighted by molar-refractivity contribution is -0.116. The molecule has 0 unspecified atom stereocenters.